The molecule has 1 N–H and O–H groups in total. The van der Waals surface area contributed by atoms with Crippen LogP contribution in [0.5, 0.6) is 0 Å². The number of nitrogens with zero attached hydrogens (tertiary/aromatic N) is 3. The van der Waals surface area contributed by atoms with Crippen LogP contribution >= 0.6 is 0 Å². The molecule has 0 aliphatic carbocycles. The first-order valence-electron chi connectivity index (χ1n) is 8.03. The largest absolute Gasteiger partial charge is 0.435 e. The molecule has 1 aliphatic heterocycles. The molecule has 8 heteroatoms. The molecular formula is C17H19F3N4O. The quantitative estimate of drug-likeness (QED) is 0.921. The van der Waals surface area contributed by atoms with E-state index in [9.17, 15) is 18.0 Å². The van der Waals surface area contributed by atoms with Crippen LogP contribution in [0.15, 0.2) is 36.5 Å². The van der Waals surface area contributed by atoms with E-state index in [2.05, 4.69) is 15.3 Å². The third-order valence-corrected chi connectivity index (χ3v) is 4.30. The van der Waals surface area contributed by atoms with Crippen LogP contribution < -0.4 is 10.2 Å². The summed E-state index contributed by atoms with van der Waals surface area (Å²) in [5.74, 6) is -0.534. The van der Waals surface area contributed by atoms with Crippen molar-refractivity contribution in [2.24, 2.45) is 13.0 Å². The number of carbonyl (C=O) groups excluding carboxylic acids is 1. The van der Waals surface area contributed by atoms with Gasteiger partial charge in [-0.15, -0.1) is 0 Å². The maximum Gasteiger partial charge on any atom is 0.435 e. The molecule has 0 saturated carbocycles. The van der Waals surface area contributed by atoms with E-state index >= 15 is 0 Å². The molecule has 0 bridgehead atoms. The van der Waals surface area contributed by atoms with Crippen molar-refractivity contribution in [1.29, 1.82) is 0 Å². The Kier molecular flexibility index (Phi) is 4.69. The van der Waals surface area contributed by atoms with Gasteiger partial charge < -0.3 is 10.2 Å². The highest BCUT2D eigenvalue weighted by Gasteiger charge is 2.39. The Morgan fingerprint density at radius 1 is 1.32 bits per heavy atom. The first kappa shape index (κ1) is 17.3. The molecule has 25 heavy (non-hydrogen) atoms. The van der Waals surface area contributed by atoms with Crippen LogP contribution in [0.25, 0.3) is 0 Å². The van der Waals surface area contributed by atoms with Crippen molar-refractivity contribution >= 4 is 11.6 Å². The number of benzene rings is 1. The van der Waals surface area contributed by atoms with Gasteiger partial charge >= 0.3 is 6.18 Å². The molecule has 1 aliphatic rings. The van der Waals surface area contributed by atoms with Gasteiger partial charge in [-0.1, -0.05) is 18.2 Å². The lowest BCUT2D eigenvalue weighted by atomic mass is 10.1. The summed E-state index contributed by atoms with van der Waals surface area (Å²) in [6, 6.07) is 9.92. The molecule has 1 unspecified atom stereocenters. The van der Waals surface area contributed by atoms with E-state index in [1.807, 2.05) is 30.3 Å². The fourth-order valence-electron chi connectivity index (χ4n) is 3.07. The number of rotatable bonds is 4. The van der Waals surface area contributed by atoms with Gasteiger partial charge in [0.05, 0.1) is 5.56 Å². The zero-order valence-corrected chi connectivity index (χ0v) is 13.8. The molecule has 0 spiro atoms. The van der Waals surface area contributed by atoms with E-state index in [4.69, 9.17) is 0 Å². The van der Waals surface area contributed by atoms with Gasteiger partial charge in [-0.3, -0.25) is 9.48 Å². The molecule has 2 heterocycles. The number of aromatic nitrogens is 2. The van der Waals surface area contributed by atoms with E-state index in [1.165, 1.54) is 7.05 Å². The number of amides is 1. The molecule has 2 aromatic rings. The molecule has 1 fully saturated rings. The van der Waals surface area contributed by atoms with Crippen molar-refractivity contribution in [3.63, 3.8) is 0 Å². The Bertz CT molecular complexity index is 742. The predicted molar refractivity (Wildman–Crippen MR) is 87.3 cm³/mol. The Labute approximate surface area is 143 Å². The van der Waals surface area contributed by atoms with Gasteiger partial charge in [0.25, 0.3) is 5.91 Å². The number of hydrogen-bond donors (Lipinski definition) is 1. The Morgan fingerprint density at radius 2 is 2.04 bits per heavy atom. The SMILES string of the molecule is Cn1cc(C(=O)NCC2CCN(c3ccccc3)C2)c(C(F)(F)F)n1. The zero-order chi connectivity index (χ0) is 18.0. The summed E-state index contributed by atoms with van der Waals surface area (Å²) in [7, 11) is 1.36. The summed E-state index contributed by atoms with van der Waals surface area (Å²) in [6.07, 6.45) is -2.66. The standard InChI is InChI=1S/C17H19F3N4O/c1-23-11-14(15(22-23)17(18,19)20)16(25)21-9-12-7-8-24(10-12)13-5-3-2-4-6-13/h2-6,11-12H,7-10H2,1H3,(H,21,25). The average molecular weight is 352 g/mol. The minimum atomic E-state index is -4.65. The minimum absolute atomic E-state index is 0.204. The summed E-state index contributed by atoms with van der Waals surface area (Å²) < 4.78 is 39.8. The zero-order valence-electron chi connectivity index (χ0n) is 13.8. The second-order valence-corrected chi connectivity index (χ2v) is 6.21. The van der Waals surface area contributed by atoms with Gasteiger partial charge in [0.1, 0.15) is 0 Å². The number of anilines is 1. The normalized spacial score (nSPS) is 17.8. The minimum Gasteiger partial charge on any atom is -0.371 e. The molecule has 0 radical (unpaired) electrons. The van der Waals surface area contributed by atoms with Crippen LogP contribution in [0.1, 0.15) is 22.5 Å². The van der Waals surface area contributed by atoms with E-state index < -0.39 is 23.3 Å². The van der Waals surface area contributed by atoms with E-state index in [-0.39, 0.29) is 5.92 Å². The summed E-state index contributed by atoms with van der Waals surface area (Å²) in [5.41, 5.74) is -0.472. The van der Waals surface area contributed by atoms with Gasteiger partial charge in [-0.05, 0) is 24.5 Å². The number of para-hydroxylation sites is 1. The lowest BCUT2D eigenvalue weighted by molar-refractivity contribution is -0.141. The predicted octanol–water partition coefficient (Wildman–Crippen LogP) is 2.70. The number of aryl methyl sites for hydroxylation is 1. The number of alkyl halides is 3. The van der Waals surface area contributed by atoms with Gasteiger partial charge in [-0.2, -0.15) is 18.3 Å². The maximum atomic E-state index is 12.9. The molecule has 1 amide bonds. The number of halogens is 3. The first-order valence-corrected chi connectivity index (χ1v) is 8.03. The van der Waals surface area contributed by atoms with Gasteiger partial charge in [-0.25, -0.2) is 0 Å². The fourth-order valence-corrected chi connectivity index (χ4v) is 3.07. The molecule has 1 saturated heterocycles. The lowest BCUT2D eigenvalue weighted by Gasteiger charge is -2.18. The molecule has 1 aromatic carbocycles. The van der Waals surface area contributed by atoms with Crippen LogP contribution in [0.2, 0.25) is 0 Å². The molecule has 5 nitrogen and oxygen atoms in total. The van der Waals surface area contributed by atoms with Crippen molar-refractivity contribution in [2.45, 2.75) is 12.6 Å². The molecule has 1 aromatic heterocycles. The lowest BCUT2D eigenvalue weighted by Crippen LogP contribution is -2.32. The monoisotopic (exact) mass is 352 g/mol. The Morgan fingerprint density at radius 3 is 2.72 bits per heavy atom. The molecule has 3 rings (SSSR count). The Hall–Kier alpha value is -2.51. The van der Waals surface area contributed by atoms with E-state index in [0.29, 0.717) is 6.54 Å². The van der Waals surface area contributed by atoms with Gasteiger partial charge in [0.15, 0.2) is 5.69 Å². The second kappa shape index (κ2) is 6.78. The molecule has 1 atom stereocenters. The van der Waals surface area contributed by atoms with Gasteiger partial charge in [0, 0.05) is 38.6 Å². The summed E-state index contributed by atoms with van der Waals surface area (Å²) in [6.45, 7) is 1.98. The van der Waals surface area contributed by atoms with Crippen molar-refractivity contribution in [2.75, 3.05) is 24.5 Å². The van der Waals surface area contributed by atoms with Gasteiger partial charge in [0.2, 0.25) is 0 Å². The maximum absolute atomic E-state index is 12.9. The second-order valence-electron chi connectivity index (χ2n) is 6.21. The molecular weight excluding hydrogens is 333 g/mol. The molecule has 134 valence electrons. The van der Waals surface area contributed by atoms with Crippen LogP contribution in [-0.2, 0) is 13.2 Å². The highest BCUT2D eigenvalue weighted by atomic mass is 19.4. The Balaban J connectivity index is 1.59. The number of nitrogens with one attached hydrogen (secondary N) is 1. The third kappa shape index (κ3) is 3.94. The van der Waals surface area contributed by atoms with E-state index in [1.54, 1.807) is 0 Å². The van der Waals surface area contributed by atoms with Crippen LogP contribution in [0.4, 0.5) is 18.9 Å². The van der Waals surface area contributed by atoms with Crippen molar-refractivity contribution in [3.05, 3.63) is 47.8 Å². The highest BCUT2D eigenvalue weighted by Crippen LogP contribution is 2.30. The van der Waals surface area contributed by atoms with Crippen molar-refractivity contribution in [3.8, 4) is 0 Å². The van der Waals surface area contributed by atoms with Crippen molar-refractivity contribution < 1.29 is 18.0 Å². The summed E-state index contributed by atoms with van der Waals surface area (Å²) >= 11 is 0. The topological polar surface area (TPSA) is 50.2 Å². The van der Waals surface area contributed by atoms with Crippen LogP contribution in [-0.4, -0.2) is 35.3 Å². The average Bonchev–Trinajstić information content (AvgIpc) is 3.20. The number of hydrogen-bond acceptors (Lipinski definition) is 3. The third-order valence-electron chi connectivity index (χ3n) is 4.30. The summed E-state index contributed by atoms with van der Waals surface area (Å²) in [4.78, 5) is 14.4. The summed E-state index contributed by atoms with van der Waals surface area (Å²) in [5, 5.41) is 5.98. The van der Waals surface area contributed by atoms with Crippen LogP contribution in [0, 0.1) is 5.92 Å². The van der Waals surface area contributed by atoms with Crippen LogP contribution in [0.3, 0.4) is 0 Å². The highest BCUT2D eigenvalue weighted by molar-refractivity contribution is 5.95. The fraction of sp³-hybridized carbons (Fsp3) is 0.412. The number of carbonyl (C=O) groups is 1. The van der Waals surface area contributed by atoms with E-state index in [0.717, 1.165) is 36.1 Å². The smallest absolute Gasteiger partial charge is 0.371 e. The first-order chi connectivity index (χ1) is 11.8. The van der Waals surface area contributed by atoms with Crippen molar-refractivity contribution in [1.82, 2.24) is 15.1 Å².